The summed E-state index contributed by atoms with van der Waals surface area (Å²) >= 11 is 0. The van der Waals surface area contributed by atoms with Crippen LogP contribution in [-0.2, 0) is 0 Å². The Morgan fingerprint density at radius 3 is 1.73 bits per heavy atom. The Balaban J connectivity index is 0.000000222. The second kappa shape index (κ2) is 5.59. The molecule has 2 aliphatic heterocycles. The summed E-state index contributed by atoms with van der Waals surface area (Å²) in [4.78, 5) is 0. The standard InChI is InChI=1S/C6H11N.2C2H6/c1-4-5-2-6(4)7-3-5;2*1-2/h4-7H,2-3H2,1H3;2*1-2H3. The molecule has 68 valence electrons. The van der Waals surface area contributed by atoms with Crippen molar-refractivity contribution in [2.24, 2.45) is 11.8 Å². The van der Waals surface area contributed by atoms with E-state index in [4.69, 9.17) is 0 Å². The molecule has 3 fully saturated rings. The van der Waals surface area contributed by atoms with Crippen LogP contribution in [0.3, 0.4) is 0 Å². The van der Waals surface area contributed by atoms with Crippen molar-refractivity contribution in [3.8, 4) is 0 Å². The second-order valence-corrected chi connectivity index (χ2v) is 2.87. The molecule has 1 saturated carbocycles. The van der Waals surface area contributed by atoms with Crippen LogP contribution in [-0.4, -0.2) is 12.6 Å². The monoisotopic (exact) mass is 157 g/mol. The molecule has 3 rings (SSSR count). The lowest BCUT2D eigenvalue weighted by atomic mass is 9.75. The van der Waals surface area contributed by atoms with E-state index in [1.54, 1.807) is 0 Å². The Kier molecular flexibility index (Phi) is 5.57. The molecular formula is C10H23N. The zero-order valence-electron chi connectivity index (χ0n) is 8.65. The summed E-state index contributed by atoms with van der Waals surface area (Å²) in [6, 6.07) is 0.907. The summed E-state index contributed by atoms with van der Waals surface area (Å²) in [5.74, 6) is 2.05. The van der Waals surface area contributed by atoms with E-state index < -0.39 is 0 Å². The van der Waals surface area contributed by atoms with Crippen molar-refractivity contribution in [3.05, 3.63) is 0 Å². The fourth-order valence-corrected chi connectivity index (χ4v) is 1.73. The molecule has 3 unspecified atom stereocenters. The smallest absolute Gasteiger partial charge is 0.00991 e. The molecule has 1 aliphatic carbocycles. The van der Waals surface area contributed by atoms with Gasteiger partial charge in [-0.1, -0.05) is 34.6 Å². The van der Waals surface area contributed by atoms with Gasteiger partial charge in [0, 0.05) is 6.04 Å². The van der Waals surface area contributed by atoms with Crippen LogP contribution < -0.4 is 5.32 Å². The van der Waals surface area contributed by atoms with Crippen molar-refractivity contribution in [1.29, 1.82) is 0 Å². The highest BCUT2D eigenvalue weighted by Crippen LogP contribution is 2.39. The molecule has 1 N–H and O–H groups in total. The molecule has 1 heteroatoms. The zero-order chi connectivity index (χ0) is 8.85. The van der Waals surface area contributed by atoms with E-state index >= 15 is 0 Å². The van der Waals surface area contributed by atoms with E-state index in [1.165, 1.54) is 13.0 Å². The lowest BCUT2D eigenvalue weighted by molar-refractivity contribution is 0.239. The van der Waals surface area contributed by atoms with Crippen LogP contribution in [0.25, 0.3) is 0 Å². The normalized spacial score (nSPS) is 37.4. The minimum Gasteiger partial charge on any atom is -0.313 e. The largest absolute Gasteiger partial charge is 0.313 e. The molecule has 0 radical (unpaired) electrons. The van der Waals surface area contributed by atoms with Crippen molar-refractivity contribution >= 4 is 0 Å². The average molecular weight is 157 g/mol. The maximum Gasteiger partial charge on any atom is 0.00991 e. The average Bonchev–Trinajstić information content (AvgIpc) is 2.71. The van der Waals surface area contributed by atoms with E-state index in [-0.39, 0.29) is 0 Å². The van der Waals surface area contributed by atoms with Crippen LogP contribution in [0.4, 0.5) is 0 Å². The van der Waals surface area contributed by atoms with Crippen molar-refractivity contribution in [1.82, 2.24) is 5.32 Å². The molecule has 0 aromatic rings. The summed E-state index contributed by atoms with van der Waals surface area (Å²) in [5, 5.41) is 3.44. The molecule has 3 aliphatic rings. The van der Waals surface area contributed by atoms with Crippen LogP contribution >= 0.6 is 0 Å². The van der Waals surface area contributed by atoms with Gasteiger partial charge in [-0.15, -0.1) is 0 Å². The van der Waals surface area contributed by atoms with Gasteiger partial charge in [0.2, 0.25) is 0 Å². The highest BCUT2D eigenvalue weighted by molar-refractivity contribution is 4.99. The first-order valence-corrected chi connectivity index (χ1v) is 5.11. The molecule has 0 aromatic carbocycles. The predicted molar refractivity (Wildman–Crippen MR) is 51.8 cm³/mol. The molecule has 0 aromatic heterocycles. The maximum absolute atomic E-state index is 3.44. The summed E-state index contributed by atoms with van der Waals surface area (Å²) in [6.07, 6.45) is 1.46. The second-order valence-electron chi connectivity index (χ2n) is 2.87. The quantitative estimate of drug-likeness (QED) is 0.570. The van der Waals surface area contributed by atoms with Crippen molar-refractivity contribution in [3.63, 3.8) is 0 Å². The summed E-state index contributed by atoms with van der Waals surface area (Å²) in [7, 11) is 0. The summed E-state index contributed by atoms with van der Waals surface area (Å²) in [5.41, 5.74) is 0. The summed E-state index contributed by atoms with van der Waals surface area (Å²) in [6.45, 7) is 11.6. The highest BCUT2D eigenvalue weighted by atomic mass is 15.0. The first kappa shape index (κ1) is 11.0. The third kappa shape index (κ3) is 2.19. The number of nitrogens with one attached hydrogen (secondary N) is 1. The minimum absolute atomic E-state index is 0.907. The zero-order valence-corrected chi connectivity index (χ0v) is 8.65. The molecule has 1 nitrogen and oxygen atoms in total. The maximum atomic E-state index is 3.44. The molecule has 0 amide bonds. The van der Waals surface area contributed by atoms with E-state index in [9.17, 15) is 0 Å². The van der Waals surface area contributed by atoms with Gasteiger partial charge in [-0.2, -0.15) is 0 Å². The van der Waals surface area contributed by atoms with Crippen molar-refractivity contribution in [2.45, 2.75) is 47.1 Å². The van der Waals surface area contributed by atoms with E-state index in [0.717, 1.165) is 17.9 Å². The van der Waals surface area contributed by atoms with Gasteiger partial charge in [-0.25, -0.2) is 0 Å². The van der Waals surface area contributed by atoms with Gasteiger partial charge in [0.25, 0.3) is 0 Å². The first-order valence-electron chi connectivity index (χ1n) is 5.11. The summed E-state index contributed by atoms with van der Waals surface area (Å²) < 4.78 is 0. The molecule has 2 saturated heterocycles. The van der Waals surface area contributed by atoms with Crippen LogP contribution in [0.15, 0.2) is 0 Å². The lowest BCUT2D eigenvalue weighted by Crippen LogP contribution is -2.34. The van der Waals surface area contributed by atoms with Gasteiger partial charge in [0.15, 0.2) is 0 Å². The van der Waals surface area contributed by atoms with Gasteiger partial charge in [-0.05, 0) is 24.8 Å². The Hall–Kier alpha value is -0.0400. The molecule has 2 heterocycles. The Labute approximate surface area is 71.6 Å². The fraction of sp³-hybridized carbons (Fsp3) is 1.00. The molecular weight excluding hydrogens is 134 g/mol. The number of fused-ring (bicyclic) bond motifs is 1. The minimum atomic E-state index is 0.907. The fourth-order valence-electron chi connectivity index (χ4n) is 1.73. The van der Waals surface area contributed by atoms with E-state index in [2.05, 4.69) is 12.2 Å². The van der Waals surface area contributed by atoms with Gasteiger partial charge >= 0.3 is 0 Å². The molecule has 11 heavy (non-hydrogen) atoms. The third-order valence-corrected chi connectivity index (χ3v) is 2.58. The number of rotatable bonds is 0. The predicted octanol–water partition coefficient (Wildman–Crippen LogP) is 2.67. The van der Waals surface area contributed by atoms with E-state index in [0.29, 0.717) is 0 Å². The molecule has 0 spiro atoms. The molecule has 2 bridgehead atoms. The SMILES string of the molecule is CC.CC.CC1C2CNC1C2. The van der Waals surface area contributed by atoms with Crippen LogP contribution in [0.1, 0.15) is 41.0 Å². The lowest BCUT2D eigenvalue weighted by Gasteiger charge is -2.30. The van der Waals surface area contributed by atoms with Gasteiger partial charge in [0.05, 0.1) is 0 Å². The number of hydrogen-bond acceptors (Lipinski definition) is 1. The van der Waals surface area contributed by atoms with Crippen LogP contribution in [0, 0.1) is 11.8 Å². The van der Waals surface area contributed by atoms with Crippen molar-refractivity contribution < 1.29 is 0 Å². The molecule has 3 atom stereocenters. The van der Waals surface area contributed by atoms with E-state index in [1.807, 2.05) is 27.7 Å². The Bertz CT molecular complexity index is 76.9. The number of hydrogen-bond donors (Lipinski definition) is 1. The Morgan fingerprint density at radius 1 is 1.09 bits per heavy atom. The first-order chi connectivity index (χ1) is 5.38. The van der Waals surface area contributed by atoms with Gasteiger partial charge in [-0.3, -0.25) is 0 Å². The third-order valence-electron chi connectivity index (χ3n) is 2.58. The van der Waals surface area contributed by atoms with Crippen LogP contribution in [0.5, 0.6) is 0 Å². The highest BCUT2D eigenvalue weighted by Gasteiger charge is 2.43. The topological polar surface area (TPSA) is 12.0 Å². The van der Waals surface area contributed by atoms with Crippen LogP contribution in [0.2, 0.25) is 0 Å². The van der Waals surface area contributed by atoms with Gasteiger partial charge < -0.3 is 5.32 Å². The van der Waals surface area contributed by atoms with Crippen molar-refractivity contribution in [2.75, 3.05) is 6.54 Å². The Morgan fingerprint density at radius 2 is 1.64 bits per heavy atom. The van der Waals surface area contributed by atoms with Gasteiger partial charge in [0.1, 0.15) is 0 Å².